The molecule has 6 heteroatoms. The topological polar surface area (TPSA) is 59.2 Å². The van der Waals surface area contributed by atoms with Gasteiger partial charge in [0, 0.05) is 24.4 Å². The number of halogens is 1. The SMILES string of the molecule is CCc1ccc(-c2nc(C3CC(=O)N(c4ccccc4F)C3)no2)cc1. The van der Waals surface area contributed by atoms with E-state index in [0.29, 0.717) is 23.9 Å². The molecule has 132 valence electrons. The Morgan fingerprint density at radius 3 is 2.69 bits per heavy atom. The molecule has 2 aromatic carbocycles. The number of benzene rings is 2. The summed E-state index contributed by atoms with van der Waals surface area (Å²) in [6.45, 7) is 2.44. The number of rotatable bonds is 4. The average Bonchev–Trinajstić information content (AvgIpc) is 3.29. The first-order valence-corrected chi connectivity index (χ1v) is 8.63. The van der Waals surface area contributed by atoms with E-state index >= 15 is 0 Å². The standard InChI is InChI=1S/C20H18FN3O2/c1-2-13-7-9-14(10-8-13)20-22-19(23-26-20)15-11-18(25)24(12-15)17-6-4-3-5-16(17)21/h3-10,15H,2,11-12H2,1H3. The fraction of sp³-hybridized carbons (Fsp3) is 0.250. The fourth-order valence-corrected chi connectivity index (χ4v) is 3.18. The quantitative estimate of drug-likeness (QED) is 0.714. The summed E-state index contributed by atoms with van der Waals surface area (Å²) < 4.78 is 19.4. The molecule has 3 aromatic rings. The largest absolute Gasteiger partial charge is 0.334 e. The number of nitrogens with zero attached hydrogens (tertiary/aromatic N) is 3. The van der Waals surface area contributed by atoms with E-state index in [4.69, 9.17) is 4.52 Å². The number of hydrogen-bond acceptors (Lipinski definition) is 4. The van der Waals surface area contributed by atoms with E-state index in [9.17, 15) is 9.18 Å². The van der Waals surface area contributed by atoms with Gasteiger partial charge in [-0.05, 0) is 36.2 Å². The minimum absolute atomic E-state index is 0.140. The van der Waals surface area contributed by atoms with Crippen molar-refractivity contribution in [3.63, 3.8) is 0 Å². The number of carbonyl (C=O) groups is 1. The summed E-state index contributed by atoms with van der Waals surface area (Å²) >= 11 is 0. The summed E-state index contributed by atoms with van der Waals surface area (Å²) in [6, 6.07) is 14.2. The third-order valence-corrected chi connectivity index (χ3v) is 4.68. The summed E-state index contributed by atoms with van der Waals surface area (Å²) in [5, 5.41) is 4.04. The zero-order valence-corrected chi connectivity index (χ0v) is 14.4. The molecule has 0 bridgehead atoms. The molecule has 2 heterocycles. The van der Waals surface area contributed by atoms with E-state index in [-0.39, 0.29) is 18.2 Å². The van der Waals surface area contributed by atoms with Crippen molar-refractivity contribution in [2.75, 3.05) is 11.4 Å². The first kappa shape index (κ1) is 16.4. The Morgan fingerprint density at radius 2 is 1.96 bits per heavy atom. The number of carbonyl (C=O) groups excluding carboxylic acids is 1. The molecule has 1 aliphatic heterocycles. The monoisotopic (exact) mass is 351 g/mol. The van der Waals surface area contributed by atoms with Crippen molar-refractivity contribution in [3.05, 3.63) is 65.7 Å². The molecule has 0 radical (unpaired) electrons. The van der Waals surface area contributed by atoms with E-state index in [0.717, 1.165) is 12.0 Å². The normalized spacial score (nSPS) is 17.1. The van der Waals surface area contributed by atoms with Gasteiger partial charge in [-0.15, -0.1) is 0 Å². The van der Waals surface area contributed by atoms with Gasteiger partial charge in [-0.25, -0.2) is 4.39 Å². The Balaban J connectivity index is 1.55. The van der Waals surface area contributed by atoms with Crippen molar-refractivity contribution < 1.29 is 13.7 Å². The first-order valence-electron chi connectivity index (χ1n) is 8.63. The van der Waals surface area contributed by atoms with Crippen molar-refractivity contribution in [3.8, 4) is 11.5 Å². The Morgan fingerprint density at radius 1 is 1.19 bits per heavy atom. The molecule has 1 unspecified atom stereocenters. The second-order valence-corrected chi connectivity index (χ2v) is 6.37. The van der Waals surface area contributed by atoms with Gasteiger partial charge in [-0.2, -0.15) is 4.98 Å². The maximum Gasteiger partial charge on any atom is 0.257 e. The van der Waals surface area contributed by atoms with Crippen molar-refractivity contribution >= 4 is 11.6 Å². The molecule has 1 amide bonds. The van der Waals surface area contributed by atoms with Crippen molar-refractivity contribution in [2.45, 2.75) is 25.7 Å². The smallest absolute Gasteiger partial charge is 0.257 e. The lowest BCUT2D eigenvalue weighted by Gasteiger charge is -2.16. The van der Waals surface area contributed by atoms with Gasteiger partial charge in [-0.1, -0.05) is 36.3 Å². The van der Waals surface area contributed by atoms with Crippen molar-refractivity contribution in [1.82, 2.24) is 10.1 Å². The highest BCUT2D eigenvalue weighted by Gasteiger charge is 2.35. The Hall–Kier alpha value is -3.02. The third kappa shape index (κ3) is 2.98. The number of hydrogen-bond donors (Lipinski definition) is 0. The minimum atomic E-state index is -0.411. The zero-order valence-electron chi connectivity index (χ0n) is 14.4. The predicted molar refractivity (Wildman–Crippen MR) is 95.2 cm³/mol. The highest BCUT2D eigenvalue weighted by molar-refractivity contribution is 5.96. The lowest BCUT2D eigenvalue weighted by atomic mass is 10.1. The summed E-state index contributed by atoms with van der Waals surface area (Å²) in [5.41, 5.74) is 2.37. The lowest BCUT2D eigenvalue weighted by molar-refractivity contribution is -0.117. The molecule has 0 aliphatic carbocycles. The number of aryl methyl sites for hydroxylation is 1. The van der Waals surface area contributed by atoms with Gasteiger partial charge >= 0.3 is 0 Å². The van der Waals surface area contributed by atoms with Crippen LogP contribution in [0.1, 0.15) is 30.7 Å². The lowest BCUT2D eigenvalue weighted by Crippen LogP contribution is -2.25. The van der Waals surface area contributed by atoms with E-state index in [2.05, 4.69) is 17.1 Å². The molecule has 1 atom stereocenters. The van der Waals surface area contributed by atoms with Crippen LogP contribution in [-0.2, 0) is 11.2 Å². The van der Waals surface area contributed by atoms with Gasteiger partial charge in [0.2, 0.25) is 5.91 Å². The molecule has 26 heavy (non-hydrogen) atoms. The van der Waals surface area contributed by atoms with Crippen LogP contribution in [0.4, 0.5) is 10.1 Å². The fourth-order valence-electron chi connectivity index (χ4n) is 3.18. The summed E-state index contributed by atoms with van der Waals surface area (Å²) in [7, 11) is 0. The van der Waals surface area contributed by atoms with Crippen LogP contribution in [0.5, 0.6) is 0 Å². The van der Waals surface area contributed by atoms with E-state index < -0.39 is 5.82 Å². The van der Waals surface area contributed by atoms with Crippen LogP contribution in [0.15, 0.2) is 53.1 Å². The molecular weight excluding hydrogens is 333 g/mol. The van der Waals surface area contributed by atoms with Gasteiger partial charge in [0.05, 0.1) is 5.69 Å². The van der Waals surface area contributed by atoms with Crippen LogP contribution in [-0.4, -0.2) is 22.6 Å². The number of aromatic nitrogens is 2. The average molecular weight is 351 g/mol. The summed E-state index contributed by atoms with van der Waals surface area (Å²) in [5.74, 6) is 0.144. The van der Waals surface area contributed by atoms with E-state index in [1.807, 2.05) is 24.3 Å². The van der Waals surface area contributed by atoms with Crippen molar-refractivity contribution in [2.24, 2.45) is 0 Å². The van der Waals surface area contributed by atoms with Crippen LogP contribution < -0.4 is 4.90 Å². The molecule has 1 aliphatic rings. The molecule has 0 N–H and O–H groups in total. The van der Waals surface area contributed by atoms with Gasteiger partial charge in [0.25, 0.3) is 5.89 Å². The molecule has 0 spiro atoms. The summed E-state index contributed by atoms with van der Waals surface area (Å²) in [6.07, 6.45) is 1.20. The molecule has 1 fully saturated rings. The van der Waals surface area contributed by atoms with Crippen LogP contribution >= 0.6 is 0 Å². The maximum absolute atomic E-state index is 14.0. The molecule has 1 aromatic heterocycles. The second-order valence-electron chi connectivity index (χ2n) is 6.37. The Kier molecular flexibility index (Phi) is 4.24. The number of anilines is 1. The Bertz CT molecular complexity index is 936. The van der Waals surface area contributed by atoms with E-state index in [1.165, 1.54) is 16.5 Å². The predicted octanol–water partition coefficient (Wildman–Crippen LogP) is 3.96. The van der Waals surface area contributed by atoms with Crippen LogP contribution in [0.3, 0.4) is 0 Å². The highest BCUT2D eigenvalue weighted by atomic mass is 19.1. The zero-order chi connectivity index (χ0) is 18.1. The minimum Gasteiger partial charge on any atom is -0.334 e. The first-order chi connectivity index (χ1) is 12.7. The van der Waals surface area contributed by atoms with E-state index in [1.54, 1.807) is 18.2 Å². The molecular formula is C20H18FN3O2. The Labute approximate surface area is 150 Å². The van der Waals surface area contributed by atoms with Crippen LogP contribution in [0.2, 0.25) is 0 Å². The van der Waals surface area contributed by atoms with Crippen LogP contribution in [0, 0.1) is 5.82 Å². The summed E-state index contributed by atoms with van der Waals surface area (Å²) in [4.78, 5) is 18.2. The highest BCUT2D eigenvalue weighted by Crippen LogP contribution is 2.32. The number of amides is 1. The number of para-hydroxylation sites is 1. The third-order valence-electron chi connectivity index (χ3n) is 4.68. The molecule has 5 nitrogen and oxygen atoms in total. The van der Waals surface area contributed by atoms with Crippen molar-refractivity contribution in [1.29, 1.82) is 0 Å². The molecule has 4 rings (SSSR count). The van der Waals surface area contributed by atoms with Gasteiger partial charge in [0.15, 0.2) is 5.82 Å². The van der Waals surface area contributed by atoms with Crippen LogP contribution in [0.25, 0.3) is 11.5 Å². The van der Waals surface area contributed by atoms with Gasteiger partial charge in [0.1, 0.15) is 5.82 Å². The molecule has 0 saturated carbocycles. The molecule has 1 saturated heterocycles. The van der Waals surface area contributed by atoms with Gasteiger partial charge < -0.3 is 9.42 Å². The van der Waals surface area contributed by atoms with Gasteiger partial charge in [-0.3, -0.25) is 4.79 Å². The second kappa shape index (κ2) is 6.71. The maximum atomic E-state index is 14.0.